The summed E-state index contributed by atoms with van der Waals surface area (Å²) < 4.78 is 0. The standard InChI is InChI=1S/C25H28N2O3S/c1-3-4-5-9-16-27-24(29)22(20-12-14-21(15-13-20)26-18(2)28)23(25(27)30)31-17-19-10-7-6-8-11-19/h6-8,10-15H,3-5,9,16-17H2,1-2H3,(H,26,28). The molecule has 0 spiro atoms. The molecule has 0 saturated carbocycles. The van der Waals surface area contributed by atoms with Gasteiger partial charge in [0.2, 0.25) is 5.91 Å². The third-order valence-corrected chi connectivity index (χ3v) is 6.23. The van der Waals surface area contributed by atoms with Gasteiger partial charge in [-0.25, -0.2) is 0 Å². The van der Waals surface area contributed by atoms with Crippen LogP contribution in [0.25, 0.3) is 5.57 Å². The largest absolute Gasteiger partial charge is 0.326 e. The number of amides is 3. The van der Waals surface area contributed by atoms with Gasteiger partial charge in [-0.3, -0.25) is 19.3 Å². The normalized spacial score (nSPS) is 13.8. The van der Waals surface area contributed by atoms with Gasteiger partial charge in [0, 0.05) is 24.9 Å². The minimum atomic E-state index is -0.232. The van der Waals surface area contributed by atoms with Crippen molar-refractivity contribution in [2.24, 2.45) is 0 Å². The average Bonchev–Trinajstić information content (AvgIpc) is 3.00. The summed E-state index contributed by atoms with van der Waals surface area (Å²) in [5, 5.41) is 2.73. The fraction of sp³-hybridized carbons (Fsp3) is 0.320. The van der Waals surface area contributed by atoms with Gasteiger partial charge in [0.1, 0.15) is 0 Å². The first-order valence-corrected chi connectivity index (χ1v) is 11.6. The number of unbranched alkanes of at least 4 members (excludes halogenated alkanes) is 3. The molecule has 2 aromatic rings. The SMILES string of the molecule is CCCCCCN1C(=O)C(SCc2ccccc2)=C(c2ccc(NC(C)=O)cc2)C1=O. The third-order valence-electron chi connectivity index (χ3n) is 5.08. The molecule has 1 N–H and O–H groups in total. The van der Waals surface area contributed by atoms with Crippen molar-refractivity contribution in [2.75, 3.05) is 11.9 Å². The summed E-state index contributed by atoms with van der Waals surface area (Å²) in [7, 11) is 0. The van der Waals surface area contributed by atoms with Crippen LogP contribution in [0, 0.1) is 0 Å². The molecule has 1 aliphatic heterocycles. The van der Waals surface area contributed by atoms with Gasteiger partial charge in [0.05, 0.1) is 10.5 Å². The van der Waals surface area contributed by atoms with E-state index in [1.807, 2.05) is 30.3 Å². The van der Waals surface area contributed by atoms with Crippen molar-refractivity contribution >= 4 is 40.7 Å². The molecule has 0 aromatic heterocycles. The predicted octanol–water partition coefficient (Wildman–Crippen LogP) is 5.24. The zero-order valence-electron chi connectivity index (χ0n) is 18.0. The molecule has 3 rings (SSSR count). The summed E-state index contributed by atoms with van der Waals surface area (Å²) in [6.45, 7) is 4.03. The van der Waals surface area contributed by atoms with E-state index in [0.717, 1.165) is 31.2 Å². The molecule has 1 heterocycles. The molecule has 3 amide bonds. The third kappa shape index (κ3) is 5.85. The second kappa shape index (κ2) is 11.0. The van der Waals surface area contributed by atoms with Crippen LogP contribution < -0.4 is 5.32 Å². The van der Waals surface area contributed by atoms with Crippen LogP contribution in [0.5, 0.6) is 0 Å². The van der Waals surface area contributed by atoms with Crippen molar-refractivity contribution in [3.63, 3.8) is 0 Å². The molecule has 0 radical (unpaired) electrons. The first kappa shape index (κ1) is 22.8. The Kier molecular flexibility index (Phi) is 8.06. The van der Waals surface area contributed by atoms with Crippen LogP contribution in [-0.2, 0) is 20.1 Å². The Morgan fingerprint density at radius 1 is 0.935 bits per heavy atom. The molecule has 0 fully saturated rings. The van der Waals surface area contributed by atoms with E-state index in [-0.39, 0.29) is 17.7 Å². The number of nitrogens with zero attached hydrogens (tertiary/aromatic N) is 1. The Balaban J connectivity index is 1.86. The molecule has 162 valence electrons. The monoisotopic (exact) mass is 436 g/mol. The number of anilines is 1. The molecule has 0 saturated heterocycles. The number of imide groups is 1. The molecule has 31 heavy (non-hydrogen) atoms. The Labute approximate surface area is 187 Å². The number of nitrogens with one attached hydrogen (secondary N) is 1. The molecular formula is C25H28N2O3S. The molecule has 6 heteroatoms. The van der Waals surface area contributed by atoms with E-state index in [1.165, 1.54) is 23.6 Å². The van der Waals surface area contributed by atoms with Crippen molar-refractivity contribution in [1.29, 1.82) is 0 Å². The van der Waals surface area contributed by atoms with E-state index in [9.17, 15) is 14.4 Å². The summed E-state index contributed by atoms with van der Waals surface area (Å²) in [5.41, 5.74) is 2.90. The number of benzene rings is 2. The van der Waals surface area contributed by atoms with Crippen molar-refractivity contribution in [1.82, 2.24) is 4.90 Å². The predicted molar refractivity (Wildman–Crippen MR) is 126 cm³/mol. The minimum Gasteiger partial charge on any atom is -0.326 e. The number of thioether (sulfide) groups is 1. The van der Waals surface area contributed by atoms with E-state index in [0.29, 0.717) is 34.0 Å². The van der Waals surface area contributed by atoms with E-state index in [1.54, 1.807) is 24.3 Å². The smallest absolute Gasteiger partial charge is 0.267 e. The fourth-order valence-corrected chi connectivity index (χ4v) is 4.58. The second-order valence-corrected chi connectivity index (χ2v) is 8.55. The van der Waals surface area contributed by atoms with Crippen molar-refractivity contribution in [3.05, 3.63) is 70.6 Å². The Morgan fingerprint density at radius 2 is 1.65 bits per heavy atom. The zero-order chi connectivity index (χ0) is 22.2. The molecule has 1 aliphatic rings. The maximum Gasteiger partial charge on any atom is 0.267 e. The molecule has 0 bridgehead atoms. The molecule has 0 unspecified atom stereocenters. The minimum absolute atomic E-state index is 0.156. The van der Waals surface area contributed by atoms with Crippen LogP contribution in [0.2, 0.25) is 0 Å². The van der Waals surface area contributed by atoms with Gasteiger partial charge >= 0.3 is 0 Å². The maximum absolute atomic E-state index is 13.2. The summed E-state index contributed by atoms with van der Waals surface area (Å²) in [4.78, 5) is 39.6. The van der Waals surface area contributed by atoms with Crippen LogP contribution in [0.4, 0.5) is 5.69 Å². The van der Waals surface area contributed by atoms with E-state index < -0.39 is 0 Å². The molecule has 2 aromatic carbocycles. The fourth-order valence-electron chi connectivity index (χ4n) is 3.50. The van der Waals surface area contributed by atoms with Crippen LogP contribution in [0.15, 0.2) is 59.5 Å². The van der Waals surface area contributed by atoms with Gasteiger partial charge in [-0.2, -0.15) is 0 Å². The van der Waals surface area contributed by atoms with Gasteiger partial charge < -0.3 is 5.32 Å². The Hall–Kier alpha value is -2.86. The lowest BCUT2D eigenvalue weighted by Crippen LogP contribution is -2.32. The molecule has 0 atom stereocenters. The Morgan fingerprint density at radius 3 is 2.29 bits per heavy atom. The zero-order valence-corrected chi connectivity index (χ0v) is 18.8. The topological polar surface area (TPSA) is 66.5 Å². The van der Waals surface area contributed by atoms with Gasteiger partial charge in [0.25, 0.3) is 11.8 Å². The van der Waals surface area contributed by atoms with Crippen molar-refractivity contribution in [2.45, 2.75) is 45.3 Å². The number of carbonyl (C=O) groups excluding carboxylic acids is 3. The van der Waals surface area contributed by atoms with Gasteiger partial charge in [-0.15, -0.1) is 11.8 Å². The van der Waals surface area contributed by atoms with Crippen molar-refractivity contribution in [3.8, 4) is 0 Å². The van der Waals surface area contributed by atoms with Crippen LogP contribution in [0.3, 0.4) is 0 Å². The van der Waals surface area contributed by atoms with Crippen molar-refractivity contribution < 1.29 is 14.4 Å². The van der Waals surface area contributed by atoms with E-state index in [4.69, 9.17) is 0 Å². The van der Waals surface area contributed by atoms with Crippen LogP contribution in [-0.4, -0.2) is 29.2 Å². The highest BCUT2D eigenvalue weighted by molar-refractivity contribution is 8.03. The Bertz CT molecular complexity index is 968. The number of carbonyl (C=O) groups is 3. The van der Waals surface area contributed by atoms with E-state index >= 15 is 0 Å². The summed E-state index contributed by atoms with van der Waals surface area (Å²) in [6.07, 6.45) is 4.01. The highest BCUT2D eigenvalue weighted by atomic mass is 32.2. The summed E-state index contributed by atoms with van der Waals surface area (Å²) in [5.74, 6) is 0.0240. The number of hydrogen-bond acceptors (Lipinski definition) is 4. The molecule has 5 nitrogen and oxygen atoms in total. The number of rotatable bonds is 10. The van der Waals surface area contributed by atoms with Gasteiger partial charge in [-0.05, 0) is 29.7 Å². The average molecular weight is 437 g/mol. The molecule has 0 aliphatic carbocycles. The highest BCUT2D eigenvalue weighted by Gasteiger charge is 2.38. The van der Waals surface area contributed by atoms with Gasteiger partial charge in [0.15, 0.2) is 0 Å². The van der Waals surface area contributed by atoms with Gasteiger partial charge in [-0.1, -0.05) is 68.7 Å². The maximum atomic E-state index is 13.2. The number of hydrogen-bond donors (Lipinski definition) is 1. The summed E-state index contributed by atoms with van der Waals surface area (Å²) in [6, 6.07) is 17.0. The van der Waals surface area contributed by atoms with Crippen LogP contribution in [0.1, 0.15) is 50.7 Å². The highest BCUT2D eigenvalue weighted by Crippen LogP contribution is 2.38. The second-order valence-electron chi connectivity index (χ2n) is 7.56. The first-order chi connectivity index (χ1) is 15.0. The van der Waals surface area contributed by atoms with E-state index in [2.05, 4.69) is 12.2 Å². The lowest BCUT2D eigenvalue weighted by atomic mass is 10.1. The lowest BCUT2D eigenvalue weighted by Gasteiger charge is -2.15. The quantitative estimate of drug-likeness (QED) is 0.409. The molecular weight excluding hydrogens is 408 g/mol. The lowest BCUT2D eigenvalue weighted by molar-refractivity contribution is -0.136. The first-order valence-electron chi connectivity index (χ1n) is 10.7. The summed E-state index contributed by atoms with van der Waals surface area (Å²) >= 11 is 1.41. The van der Waals surface area contributed by atoms with Crippen LogP contribution >= 0.6 is 11.8 Å².